The molecule has 0 saturated carbocycles. The van der Waals surface area contributed by atoms with Crippen LogP contribution in [0.15, 0.2) is 33.8 Å². The van der Waals surface area contributed by atoms with E-state index in [1.807, 2.05) is 12.1 Å². The Labute approximate surface area is 120 Å². The van der Waals surface area contributed by atoms with Gasteiger partial charge in [-0.15, -0.1) is 11.3 Å². The largest absolute Gasteiger partial charge is 0.447 e. The quantitative estimate of drug-likeness (QED) is 0.856. The predicted octanol–water partition coefficient (Wildman–Crippen LogP) is 2.19. The molecule has 0 radical (unpaired) electrons. The number of nitrogens with one attached hydrogen (secondary N) is 2. The Morgan fingerprint density at radius 1 is 1.26 bits per heavy atom. The van der Waals surface area contributed by atoms with Crippen LogP contribution in [0.3, 0.4) is 0 Å². The van der Waals surface area contributed by atoms with Crippen LogP contribution in [0.1, 0.15) is 10.6 Å². The van der Waals surface area contributed by atoms with Crippen LogP contribution in [0, 0.1) is 0 Å². The van der Waals surface area contributed by atoms with Gasteiger partial charge < -0.3 is 9.73 Å². The monoisotopic (exact) mass is 320 g/mol. The summed E-state index contributed by atoms with van der Waals surface area (Å²) >= 11 is 7.33. The first-order chi connectivity index (χ1) is 9.01. The molecule has 2 N–H and O–H groups in total. The molecule has 0 unspecified atom stereocenters. The summed E-state index contributed by atoms with van der Waals surface area (Å²) in [6.45, 7) is 1.11. The average Bonchev–Trinajstić information content (AvgIpc) is 2.99. The van der Waals surface area contributed by atoms with Crippen molar-refractivity contribution in [2.75, 3.05) is 7.05 Å². The Balaban J connectivity index is 1.90. The summed E-state index contributed by atoms with van der Waals surface area (Å²) < 4.78 is 31.1. The molecule has 0 atom stereocenters. The van der Waals surface area contributed by atoms with E-state index in [0.717, 1.165) is 9.21 Å². The lowest BCUT2D eigenvalue weighted by Crippen LogP contribution is -2.17. The van der Waals surface area contributed by atoms with Crippen molar-refractivity contribution in [3.63, 3.8) is 0 Å². The van der Waals surface area contributed by atoms with E-state index in [4.69, 9.17) is 16.0 Å². The zero-order valence-corrected chi connectivity index (χ0v) is 12.5. The van der Waals surface area contributed by atoms with Crippen molar-refractivity contribution in [2.45, 2.75) is 18.2 Å². The van der Waals surface area contributed by atoms with Gasteiger partial charge in [0.1, 0.15) is 5.76 Å². The van der Waals surface area contributed by atoms with Crippen LogP contribution in [0.25, 0.3) is 0 Å². The van der Waals surface area contributed by atoms with Crippen LogP contribution >= 0.6 is 22.9 Å². The van der Waals surface area contributed by atoms with Gasteiger partial charge in [0.25, 0.3) is 10.0 Å². The van der Waals surface area contributed by atoms with Crippen molar-refractivity contribution in [3.05, 3.63) is 39.2 Å². The first kappa shape index (κ1) is 14.5. The van der Waals surface area contributed by atoms with Crippen LogP contribution in [-0.2, 0) is 23.1 Å². The molecule has 5 nitrogen and oxygen atoms in total. The van der Waals surface area contributed by atoms with Gasteiger partial charge in [-0.25, -0.2) is 13.1 Å². The Hall–Kier alpha value is -0.860. The molecular weight excluding hydrogens is 308 g/mol. The fourth-order valence-electron chi connectivity index (χ4n) is 1.45. The standard InChI is InChI=1S/C11H13ClN2O3S2/c1-13-19(15,16)11-5-2-8(17-11)6-14-7-9-3-4-10(12)18-9/h2-5,13-14H,6-7H2,1H3. The van der Waals surface area contributed by atoms with Crippen molar-refractivity contribution in [2.24, 2.45) is 0 Å². The minimum Gasteiger partial charge on any atom is -0.447 e. The molecule has 0 amide bonds. The van der Waals surface area contributed by atoms with E-state index in [9.17, 15) is 8.42 Å². The number of rotatable bonds is 6. The number of hydrogen-bond acceptors (Lipinski definition) is 5. The van der Waals surface area contributed by atoms with Gasteiger partial charge in [0.15, 0.2) is 0 Å². The maximum Gasteiger partial charge on any atom is 0.273 e. The first-order valence-electron chi connectivity index (χ1n) is 5.48. The van der Waals surface area contributed by atoms with E-state index in [0.29, 0.717) is 18.8 Å². The lowest BCUT2D eigenvalue weighted by molar-refractivity contribution is 0.400. The third-order valence-electron chi connectivity index (χ3n) is 2.40. The third kappa shape index (κ3) is 3.80. The summed E-state index contributed by atoms with van der Waals surface area (Å²) in [5.41, 5.74) is 0. The molecule has 0 aliphatic carbocycles. The Kier molecular flexibility index (Phi) is 4.64. The molecule has 2 heterocycles. The van der Waals surface area contributed by atoms with Crippen molar-refractivity contribution in [1.82, 2.24) is 10.0 Å². The van der Waals surface area contributed by atoms with Crippen LogP contribution < -0.4 is 10.0 Å². The van der Waals surface area contributed by atoms with E-state index in [1.54, 1.807) is 6.07 Å². The minimum atomic E-state index is -3.51. The number of thiophene rings is 1. The SMILES string of the molecule is CNS(=O)(=O)c1ccc(CNCc2ccc(Cl)s2)o1. The van der Waals surface area contributed by atoms with Gasteiger partial charge in [-0.2, -0.15) is 0 Å². The van der Waals surface area contributed by atoms with E-state index in [-0.39, 0.29) is 5.09 Å². The molecule has 0 bridgehead atoms. The average molecular weight is 321 g/mol. The second-order valence-electron chi connectivity index (χ2n) is 3.74. The highest BCUT2D eigenvalue weighted by Crippen LogP contribution is 2.21. The smallest absolute Gasteiger partial charge is 0.273 e. The summed E-state index contributed by atoms with van der Waals surface area (Å²) in [6.07, 6.45) is 0. The van der Waals surface area contributed by atoms with Crippen molar-refractivity contribution in [1.29, 1.82) is 0 Å². The van der Waals surface area contributed by atoms with Gasteiger partial charge in [0.05, 0.1) is 10.9 Å². The summed E-state index contributed by atoms with van der Waals surface area (Å²) in [5, 5.41) is 3.08. The van der Waals surface area contributed by atoms with Gasteiger partial charge in [-0.3, -0.25) is 0 Å². The topological polar surface area (TPSA) is 71.3 Å². The van der Waals surface area contributed by atoms with Crippen LogP contribution in [0.5, 0.6) is 0 Å². The molecule has 2 aromatic rings. The third-order valence-corrected chi connectivity index (χ3v) is 4.92. The van der Waals surface area contributed by atoms with Gasteiger partial charge >= 0.3 is 0 Å². The van der Waals surface area contributed by atoms with E-state index >= 15 is 0 Å². The first-order valence-corrected chi connectivity index (χ1v) is 8.16. The van der Waals surface area contributed by atoms with Crippen LogP contribution in [0.2, 0.25) is 4.34 Å². The molecule has 19 heavy (non-hydrogen) atoms. The van der Waals surface area contributed by atoms with Crippen LogP contribution in [-0.4, -0.2) is 15.5 Å². The highest BCUT2D eigenvalue weighted by molar-refractivity contribution is 7.89. The molecule has 0 aromatic carbocycles. The summed E-state index contributed by atoms with van der Waals surface area (Å²) in [4.78, 5) is 1.11. The van der Waals surface area contributed by atoms with Crippen molar-refractivity contribution in [3.8, 4) is 0 Å². The maximum atomic E-state index is 11.5. The van der Waals surface area contributed by atoms with E-state index < -0.39 is 10.0 Å². The van der Waals surface area contributed by atoms with E-state index in [1.165, 1.54) is 24.5 Å². The van der Waals surface area contributed by atoms with Gasteiger partial charge in [-0.1, -0.05) is 11.6 Å². The summed E-state index contributed by atoms with van der Waals surface area (Å²) in [6, 6.07) is 6.86. The second kappa shape index (κ2) is 6.06. The molecule has 0 aliphatic rings. The highest BCUT2D eigenvalue weighted by atomic mass is 35.5. The Morgan fingerprint density at radius 3 is 2.68 bits per heavy atom. The molecule has 0 saturated heterocycles. The zero-order valence-electron chi connectivity index (χ0n) is 10.1. The maximum absolute atomic E-state index is 11.5. The number of furan rings is 1. The molecule has 0 spiro atoms. The molecule has 8 heteroatoms. The number of hydrogen-bond donors (Lipinski definition) is 2. The van der Waals surface area contributed by atoms with Crippen molar-refractivity contribution < 1.29 is 12.8 Å². The van der Waals surface area contributed by atoms with Crippen molar-refractivity contribution >= 4 is 33.0 Å². The zero-order chi connectivity index (χ0) is 13.9. The number of sulfonamides is 1. The van der Waals surface area contributed by atoms with Gasteiger partial charge in [0, 0.05) is 11.4 Å². The molecule has 0 aliphatic heterocycles. The van der Waals surface area contributed by atoms with E-state index in [2.05, 4.69) is 10.0 Å². The lowest BCUT2D eigenvalue weighted by atomic mass is 10.4. The Morgan fingerprint density at radius 2 is 2.05 bits per heavy atom. The molecule has 104 valence electrons. The van der Waals surface area contributed by atoms with Crippen LogP contribution in [0.4, 0.5) is 0 Å². The number of halogens is 1. The fraction of sp³-hybridized carbons (Fsp3) is 0.273. The molecule has 2 rings (SSSR count). The minimum absolute atomic E-state index is 0.0778. The second-order valence-corrected chi connectivity index (χ2v) is 7.35. The summed E-state index contributed by atoms with van der Waals surface area (Å²) in [5.74, 6) is 0.566. The van der Waals surface area contributed by atoms with Gasteiger partial charge in [-0.05, 0) is 31.3 Å². The molecular formula is C11H13ClN2O3S2. The normalized spacial score (nSPS) is 11.9. The highest BCUT2D eigenvalue weighted by Gasteiger charge is 2.15. The molecule has 0 fully saturated rings. The molecule has 2 aromatic heterocycles. The Bertz CT molecular complexity index is 648. The van der Waals surface area contributed by atoms with Gasteiger partial charge in [0.2, 0.25) is 5.09 Å². The summed E-state index contributed by atoms with van der Waals surface area (Å²) in [7, 11) is -2.17. The fourth-order valence-corrected chi connectivity index (χ4v) is 3.18. The lowest BCUT2D eigenvalue weighted by Gasteiger charge is -2.00. The predicted molar refractivity (Wildman–Crippen MR) is 74.8 cm³/mol.